The molecule has 8 heteroatoms. The second kappa shape index (κ2) is 3.32. The van der Waals surface area contributed by atoms with Gasteiger partial charge in [0.05, 0.1) is 0 Å². The van der Waals surface area contributed by atoms with Crippen LogP contribution in [0.1, 0.15) is 0 Å². The molecule has 1 aromatic heterocycles. The highest BCUT2D eigenvalue weighted by atomic mass is 16.2. The molecule has 0 aliphatic carbocycles. The van der Waals surface area contributed by atoms with Gasteiger partial charge >= 0.3 is 12.1 Å². The van der Waals surface area contributed by atoms with Crippen molar-refractivity contribution in [1.82, 2.24) is 25.4 Å². The number of carbonyl (C=O) groups excluding carboxylic acids is 2. The van der Waals surface area contributed by atoms with E-state index in [0.29, 0.717) is 13.1 Å². The Bertz CT molecular complexity index is 347. The molecular formula is C6H8N6O2. The molecule has 8 nitrogen and oxygen atoms in total. The number of aromatic nitrogens is 3. The molecule has 4 amide bonds. The van der Waals surface area contributed by atoms with Crippen molar-refractivity contribution >= 4 is 18.0 Å². The zero-order chi connectivity index (χ0) is 9.97. The normalized spacial score (nSPS) is 15.4. The van der Waals surface area contributed by atoms with Gasteiger partial charge in [-0.15, -0.1) is 0 Å². The fraction of sp³-hybridized carbons (Fsp3) is 0.333. The fourth-order valence-corrected chi connectivity index (χ4v) is 1.10. The molecule has 0 atom stereocenters. The van der Waals surface area contributed by atoms with Gasteiger partial charge in [0.25, 0.3) is 0 Å². The average molecular weight is 196 g/mol. The summed E-state index contributed by atoms with van der Waals surface area (Å²) in [4.78, 5) is 27.2. The first-order chi connectivity index (χ1) is 6.77. The van der Waals surface area contributed by atoms with E-state index >= 15 is 0 Å². The topological polar surface area (TPSA) is 103 Å². The summed E-state index contributed by atoms with van der Waals surface area (Å²) < 4.78 is 0. The van der Waals surface area contributed by atoms with Crippen LogP contribution in [0.25, 0.3) is 0 Å². The minimum Gasteiger partial charge on any atom is -0.336 e. The molecule has 0 bridgehead atoms. The van der Waals surface area contributed by atoms with Crippen LogP contribution in [0, 0.1) is 0 Å². The van der Waals surface area contributed by atoms with Gasteiger partial charge in [-0.3, -0.25) is 5.32 Å². The molecule has 1 aliphatic rings. The summed E-state index contributed by atoms with van der Waals surface area (Å²) in [6.07, 6.45) is 1.26. The number of hydrogen-bond donors (Lipinski definition) is 3. The lowest BCUT2D eigenvalue weighted by molar-refractivity contribution is 0.207. The molecule has 3 N–H and O–H groups in total. The van der Waals surface area contributed by atoms with E-state index in [1.165, 1.54) is 6.33 Å². The van der Waals surface area contributed by atoms with E-state index in [1.807, 2.05) is 0 Å². The molecule has 0 spiro atoms. The SMILES string of the molecule is O=C1NCCN1C(=O)Nc1ncn[nH]1. The van der Waals surface area contributed by atoms with E-state index in [2.05, 4.69) is 25.8 Å². The second-order valence-corrected chi connectivity index (χ2v) is 2.65. The van der Waals surface area contributed by atoms with Crippen molar-refractivity contribution in [2.45, 2.75) is 0 Å². The van der Waals surface area contributed by atoms with Gasteiger partial charge in [0.15, 0.2) is 0 Å². The van der Waals surface area contributed by atoms with Crippen LogP contribution < -0.4 is 10.6 Å². The molecular weight excluding hydrogens is 188 g/mol. The number of imide groups is 1. The van der Waals surface area contributed by atoms with Crippen molar-refractivity contribution in [3.05, 3.63) is 6.33 Å². The third-order valence-electron chi connectivity index (χ3n) is 1.74. The first kappa shape index (κ1) is 8.48. The highest BCUT2D eigenvalue weighted by molar-refractivity contribution is 6.00. The van der Waals surface area contributed by atoms with Crippen molar-refractivity contribution in [2.75, 3.05) is 18.4 Å². The van der Waals surface area contributed by atoms with E-state index in [0.717, 1.165) is 4.90 Å². The number of hydrogen-bond acceptors (Lipinski definition) is 4. The van der Waals surface area contributed by atoms with E-state index < -0.39 is 12.1 Å². The Morgan fingerprint density at radius 1 is 1.64 bits per heavy atom. The van der Waals surface area contributed by atoms with Crippen LogP contribution in [-0.4, -0.2) is 45.2 Å². The van der Waals surface area contributed by atoms with Crippen LogP contribution in [0.2, 0.25) is 0 Å². The minimum absolute atomic E-state index is 0.217. The second-order valence-electron chi connectivity index (χ2n) is 2.65. The molecule has 1 saturated heterocycles. The van der Waals surface area contributed by atoms with Crippen LogP contribution in [0.15, 0.2) is 6.33 Å². The Morgan fingerprint density at radius 2 is 2.50 bits per heavy atom. The zero-order valence-corrected chi connectivity index (χ0v) is 7.15. The summed E-state index contributed by atoms with van der Waals surface area (Å²) in [5, 5.41) is 10.9. The van der Waals surface area contributed by atoms with Crippen molar-refractivity contribution in [1.29, 1.82) is 0 Å². The number of carbonyl (C=O) groups is 2. The molecule has 0 aromatic carbocycles. The van der Waals surface area contributed by atoms with Gasteiger partial charge in [0, 0.05) is 13.1 Å². The van der Waals surface area contributed by atoms with Crippen molar-refractivity contribution < 1.29 is 9.59 Å². The molecule has 2 rings (SSSR count). The quantitative estimate of drug-likeness (QED) is 0.555. The van der Waals surface area contributed by atoms with Gasteiger partial charge in [-0.1, -0.05) is 0 Å². The van der Waals surface area contributed by atoms with Gasteiger partial charge in [-0.2, -0.15) is 10.1 Å². The molecule has 1 aliphatic heterocycles. The predicted molar refractivity (Wildman–Crippen MR) is 45.5 cm³/mol. The Morgan fingerprint density at radius 3 is 3.07 bits per heavy atom. The minimum atomic E-state index is -0.517. The number of nitrogens with zero attached hydrogens (tertiary/aromatic N) is 3. The Hall–Kier alpha value is -2.12. The van der Waals surface area contributed by atoms with Crippen molar-refractivity contribution in [3.8, 4) is 0 Å². The van der Waals surface area contributed by atoms with E-state index in [9.17, 15) is 9.59 Å². The molecule has 0 unspecified atom stereocenters. The number of aromatic amines is 1. The van der Waals surface area contributed by atoms with Gasteiger partial charge in [0.2, 0.25) is 5.95 Å². The summed E-state index contributed by atoms with van der Waals surface area (Å²) in [7, 11) is 0. The Kier molecular flexibility index (Phi) is 2.01. The molecule has 1 aromatic rings. The van der Waals surface area contributed by atoms with Gasteiger partial charge in [-0.05, 0) is 0 Å². The lowest BCUT2D eigenvalue weighted by atomic mass is 10.6. The van der Waals surface area contributed by atoms with Gasteiger partial charge in [-0.25, -0.2) is 19.6 Å². The Labute approximate surface area is 78.7 Å². The number of H-pyrrole nitrogens is 1. The molecule has 0 radical (unpaired) electrons. The average Bonchev–Trinajstić information content (AvgIpc) is 2.75. The van der Waals surface area contributed by atoms with E-state index in [1.54, 1.807) is 0 Å². The third kappa shape index (κ3) is 1.49. The highest BCUT2D eigenvalue weighted by Gasteiger charge is 2.26. The Balaban J connectivity index is 1.99. The zero-order valence-electron chi connectivity index (χ0n) is 7.15. The molecule has 14 heavy (non-hydrogen) atoms. The summed E-state index contributed by atoms with van der Waals surface area (Å²) in [5.74, 6) is 0.217. The highest BCUT2D eigenvalue weighted by Crippen LogP contribution is 2.01. The van der Waals surface area contributed by atoms with E-state index in [4.69, 9.17) is 0 Å². The maximum absolute atomic E-state index is 11.4. The summed E-state index contributed by atoms with van der Waals surface area (Å²) in [6, 6.07) is -0.918. The van der Waals surface area contributed by atoms with Crippen molar-refractivity contribution in [2.24, 2.45) is 0 Å². The largest absolute Gasteiger partial charge is 0.336 e. The molecule has 1 fully saturated rings. The predicted octanol–water partition coefficient (Wildman–Crippen LogP) is -0.638. The summed E-state index contributed by atoms with van der Waals surface area (Å²) >= 11 is 0. The van der Waals surface area contributed by atoms with Crippen molar-refractivity contribution in [3.63, 3.8) is 0 Å². The standard InChI is InChI=1S/C6H8N6O2/c13-5-7-1-2-12(5)6(14)10-4-8-3-9-11-4/h3H,1-2H2,(H,7,13)(H2,8,9,10,11,14). The molecule has 2 heterocycles. The van der Waals surface area contributed by atoms with Gasteiger partial charge in [0.1, 0.15) is 6.33 Å². The van der Waals surface area contributed by atoms with Crippen LogP contribution in [-0.2, 0) is 0 Å². The number of amides is 4. The van der Waals surface area contributed by atoms with Crippen LogP contribution in [0.3, 0.4) is 0 Å². The fourth-order valence-electron chi connectivity index (χ4n) is 1.10. The van der Waals surface area contributed by atoms with Crippen LogP contribution in [0.4, 0.5) is 15.5 Å². The summed E-state index contributed by atoms with van der Waals surface area (Å²) in [6.45, 7) is 0.835. The van der Waals surface area contributed by atoms with Crippen LogP contribution >= 0.6 is 0 Å². The maximum atomic E-state index is 11.4. The monoisotopic (exact) mass is 196 g/mol. The number of nitrogens with one attached hydrogen (secondary N) is 3. The third-order valence-corrected chi connectivity index (χ3v) is 1.74. The lowest BCUT2D eigenvalue weighted by Gasteiger charge is -2.10. The van der Waals surface area contributed by atoms with Gasteiger partial charge < -0.3 is 5.32 Å². The summed E-state index contributed by atoms with van der Waals surface area (Å²) in [5.41, 5.74) is 0. The molecule has 0 saturated carbocycles. The molecule has 74 valence electrons. The maximum Gasteiger partial charge on any atom is 0.332 e. The first-order valence-corrected chi connectivity index (χ1v) is 3.99. The lowest BCUT2D eigenvalue weighted by Crippen LogP contribution is -2.37. The number of anilines is 1. The van der Waals surface area contributed by atoms with E-state index in [-0.39, 0.29) is 5.95 Å². The first-order valence-electron chi connectivity index (χ1n) is 3.99. The van der Waals surface area contributed by atoms with Crippen LogP contribution in [0.5, 0.6) is 0 Å². The number of rotatable bonds is 1. The number of urea groups is 2. The smallest absolute Gasteiger partial charge is 0.332 e.